The van der Waals surface area contributed by atoms with Crippen LogP contribution >= 0.6 is 0 Å². The molecule has 0 aliphatic heterocycles. The second-order valence-electron chi connectivity index (χ2n) is 8.12. The molecular weight excluding hydrogens is 392 g/mol. The fourth-order valence-corrected chi connectivity index (χ4v) is 3.24. The number of aryl methyl sites for hydroxylation is 4. The number of amides is 2. The number of hydrogen-bond donors (Lipinski definition) is 2. The van der Waals surface area contributed by atoms with Crippen molar-refractivity contribution < 1.29 is 19.1 Å². The summed E-state index contributed by atoms with van der Waals surface area (Å²) in [5.41, 5.74) is 3.94. The van der Waals surface area contributed by atoms with Crippen molar-refractivity contribution in [1.29, 1.82) is 0 Å². The van der Waals surface area contributed by atoms with Gasteiger partial charge in [0, 0.05) is 12.6 Å². The second-order valence-corrected chi connectivity index (χ2v) is 8.12. The Kier molecular flexibility index (Phi) is 8.48. The Morgan fingerprint density at radius 3 is 1.55 bits per heavy atom. The Morgan fingerprint density at radius 1 is 0.742 bits per heavy atom. The highest BCUT2D eigenvalue weighted by Crippen LogP contribution is 2.24. The van der Waals surface area contributed by atoms with E-state index in [9.17, 15) is 9.59 Å². The lowest BCUT2D eigenvalue weighted by atomic mass is 10.1. The molecule has 6 heteroatoms. The molecule has 168 valence electrons. The van der Waals surface area contributed by atoms with Crippen molar-refractivity contribution in [3.63, 3.8) is 0 Å². The lowest BCUT2D eigenvalue weighted by Crippen LogP contribution is -2.48. The van der Waals surface area contributed by atoms with Crippen LogP contribution in [0.4, 0.5) is 0 Å². The fourth-order valence-electron chi connectivity index (χ4n) is 3.24. The van der Waals surface area contributed by atoms with E-state index in [2.05, 4.69) is 10.6 Å². The van der Waals surface area contributed by atoms with Gasteiger partial charge in [0.1, 0.15) is 11.5 Å². The van der Waals surface area contributed by atoms with E-state index in [-0.39, 0.29) is 17.9 Å². The molecule has 3 atom stereocenters. The van der Waals surface area contributed by atoms with Crippen LogP contribution in [0.5, 0.6) is 11.5 Å². The van der Waals surface area contributed by atoms with Crippen LogP contribution < -0.4 is 20.1 Å². The molecule has 0 radical (unpaired) electrons. The molecule has 6 nitrogen and oxygen atoms in total. The van der Waals surface area contributed by atoms with Gasteiger partial charge in [-0.05, 0) is 70.7 Å². The largest absolute Gasteiger partial charge is 0.480 e. The van der Waals surface area contributed by atoms with Gasteiger partial charge in [0.05, 0.1) is 0 Å². The van der Waals surface area contributed by atoms with Gasteiger partial charge >= 0.3 is 0 Å². The zero-order chi connectivity index (χ0) is 23.1. The molecule has 0 heterocycles. The molecule has 0 aliphatic carbocycles. The van der Waals surface area contributed by atoms with E-state index >= 15 is 0 Å². The summed E-state index contributed by atoms with van der Waals surface area (Å²) in [5, 5.41) is 5.72. The molecular formula is C25H34N2O4. The quantitative estimate of drug-likeness (QED) is 0.640. The first-order valence-corrected chi connectivity index (χ1v) is 10.6. The molecule has 0 aromatic heterocycles. The molecule has 2 amide bonds. The predicted octanol–water partition coefficient (Wildman–Crippen LogP) is 3.78. The molecule has 0 bridgehead atoms. The first-order chi connectivity index (χ1) is 14.6. The lowest BCUT2D eigenvalue weighted by Gasteiger charge is -2.22. The Labute approximate surface area is 185 Å². The number of nitrogens with one attached hydrogen (secondary N) is 2. The van der Waals surface area contributed by atoms with Gasteiger partial charge in [0.2, 0.25) is 0 Å². The van der Waals surface area contributed by atoms with Crippen molar-refractivity contribution >= 4 is 11.8 Å². The van der Waals surface area contributed by atoms with E-state index < -0.39 is 12.2 Å². The molecule has 2 N–H and O–H groups in total. The first kappa shape index (κ1) is 24.3. The van der Waals surface area contributed by atoms with Gasteiger partial charge in [-0.3, -0.25) is 9.59 Å². The molecule has 0 spiro atoms. The van der Waals surface area contributed by atoms with Crippen LogP contribution in [0.25, 0.3) is 0 Å². The normalized spacial score (nSPS) is 13.6. The summed E-state index contributed by atoms with van der Waals surface area (Å²) < 4.78 is 11.7. The number of para-hydroxylation sites is 2. The van der Waals surface area contributed by atoms with Crippen molar-refractivity contribution in [1.82, 2.24) is 10.6 Å². The maximum absolute atomic E-state index is 12.5. The van der Waals surface area contributed by atoms with Gasteiger partial charge < -0.3 is 20.1 Å². The molecule has 0 aliphatic rings. The summed E-state index contributed by atoms with van der Waals surface area (Å²) >= 11 is 0. The third-order valence-electron chi connectivity index (χ3n) is 5.12. The van der Waals surface area contributed by atoms with Crippen LogP contribution in [-0.4, -0.2) is 36.6 Å². The molecule has 2 aromatic carbocycles. The number of ether oxygens (including phenoxy) is 2. The Morgan fingerprint density at radius 2 is 1.13 bits per heavy atom. The topological polar surface area (TPSA) is 76.7 Å². The number of carbonyl (C=O) groups excluding carboxylic acids is 2. The van der Waals surface area contributed by atoms with Crippen LogP contribution in [0.3, 0.4) is 0 Å². The smallest absolute Gasteiger partial charge is 0.261 e. The molecule has 0 fully saturated rings. The predicted molar refractivity (Wildman–Crippen MR) is 123 cm³/mol. The minimum atomic E-state index is -0.649. The van der Waals surface area contributed by atoms with E-state index in [1.807, 2.05) is 71.0 Å². The van der Waals surface area contributed by atoms with Crippen molar-refractivity contribution in [3.05, 3.63) is 58.7 Å². The van der Waals surface area contributed by atoms with E-state index in [1.165, 1.54) is 0 Å². The minimum absolute atomic E-state index is 0.232. The average molecular weight is 427 g/mol. The van der Waals surface area contributed by atoms with E-state index in [0.717, 1.165) is 33.8 Å². The standard InChI is InChI=1S/C25H34N2O4/c1-15-10-8-11-16(2)22(15)30-20(6)24(28)26-14-19(5)27-25(29)21(7)31-23-17(3)12-9-13-18(23)4/h8-13,19-21H,14H2,1-7H3,(H,26,28)(H,27,29)/t19-,20+,21+/m0/s1. The number of carbonyl (C=O) groups is 2. The highest BCUT2D eigenvalue weighted by atomic mass is 16.5. The maximum Gasteiger partial charge on any atom is 0.261 e. The second kappa shape index (κ2) is 10.8. The van der Waals surface area contributed by atoms with Crippen molar-refractivity contribution in [2.45, 2.75) is 66.7 Å². The monoisotopic (exact) mass is 426 g/mol. The number of hydrogen-bond acceptors (Lipinski definition) is 4. The Balaban J connectivity index is 1.83. The van der Waals surface area contributed by atoms with Crippen molar-refractivity contribution in [2.24, 2.45) is 0 Å². The lowest BCUT2D eigenvalue weighted by molar-refractivity contribution is -0.129. The van der Waals surface area contributed by atoms with Gasteiger partial charge in [0.25, 0.3) is 11.8 Å². The zero-order valence-electron chi connectivity index (χ0n) is 19.5. The van der Waals surface area contributed by atoms with Gasteiger partial charge in [-0.2, -0.15) is 0 Å². The van der Waals surface area contributed by atoms with Crippen molar-refractivity contribution in [3.8, 4) is 11.5 Å². The third kappa shape index (κ3) is 6.74. The fraction of sp³-hybridized carbons (Fsp3) is 0.440. The van der Waals surface area contributed by atoms with E-state index in [1.54, 1.807) is 13.8 Å². The van der Waals surface area contributed by atoms with E-state index in [0.29, 0.717) is 6.54 Å². The highest BCUT2D eigenvalue weighted by Gasteiger charge is 2.21. The first-order valence-electron chi connectivity index (χ1n) is 10.6. The molecule has 0 unspecified atom stereocenters. The minimum Gasteiger partial charge on any atom is -0.480 e. The van der Waals surface area contributed by atoms with Crippen molar-refractivity contribution in [2.75, 3.05) is 6.54 Å². The molecule has 31 heavy (non-hydrogen) atoms. The van der Waals surface area contributed by atoms with Crippen LogP contribution in [0, 0.1) is 27.7 Å². The summed E-state index contributed by atoms with van der Waals surface area (Å²) in [5.74, 6) is 0.986. The summed E-state index contributed by atoms with van der Waals surface area (Å²) in [6.45, 7) is 13.4. The van der Waals surface area contributed by atoms with Crippen LogP contribution in [-0.2, 0) is 9.59 Å². The van der Waals surface area contributed by atoms with E-state index in [4.69, 9.17) is 9.47 Å². The number of benzene rings is 2. The van der Waals surface area contributed by atoms with Crippen LogP contribution in [0.2, 0.25) is 0 Å². The van der Waals surface area contributed by atoms with Crippen LogP contribution in [0.1, 0.15) is 43.0 Å². The van der Waals surface area contributed by atoms with Gasteiger partial charge in [0.15, 0.2) is 12.2 Å². The number of rotatable bonds is 9. The molecule has 2 aromatic rings. The molecule has 2 rings (SSSR count). The zero-order valence-corrected chi connectivity index (χ0v) is 19.5. The van der Waals surface area contributed by atoms with Crippen LogP contribution in [0.15, 0.2) is 36.4 Å². The Bertz CT molecular complexity index is 885. The van der Waals surface area contributed by atoms with Gasteiger partial charge in [-0.15, -0.1) is 0 Å². The summed E-state index contributed by atoms with van der Waals surface area (Å²) in [6.07, 6.45) is -1.29. The van der Waals surface area contributed by atoms with Gasteiger partial charge in [-0.25, -0.2) is 0 Å². The average Bonchev–Trinajstić information content (AvgIpc) is 2.71. The molecule has 0 saturated carbocycles. The third-order valence-corrected chi connectivity index (χ3v) is 5.12. The summed E-state index contributed by atoms with van der Waals surface area (Å²) in [7, 11) is 0. The van der Waals surface area contributed by atoms with Gasteiger partial charge in [-0.1, -0.05) is 36.4 Å². The molecule has 0 saturated heterocycles. The Hall–Kier alpha value is -3.02. The summed E-state index contributed by atoms with van der Waals surface area (Å²) in [4.78, 5) is 24.9. The highest BCUT2D eigenvalue weighted by molar-refractivity contribution is 5.82. The maximum atomic E-state index is 12.5. The SMILES string of the molecule is Cc1cccc(C)c1O[C@H](C)C(=O)NC[C@H](C)NC(=O)[C@@H](C)Oc1c(C)cccc1C. The summed E-state index contributed by atoms with van der Waals surface area (Å²) in [6, 6.07) is 11.5.